The molecule has 0 aromatic heterocycles. The van der Waals surface area contributed by atoms with Crippen LogP contribution in [0.15, 0.2) is 27.7 Å². The van der Waals surface area contributed by atoms with Gasteiger partial charge in [0.2, 0.25) is 0 Å². The van der Waals surface area contributed by atoms with E-state index < -0.39 is 0 Å². The second-order valence-corrected chi connectivity index (χ2v) is 6.30. The molecular weight excluding hydrogens is 513 g/mol. The molecule has 0 radical (unpaired) electrons. The molecule has 150 valence electrons. The number of methoxy groups -OCH3 is 1. The minimum atomic E-state index is 0. The van der Waals surface area contributed by atoms with E-state index >= 15 is 0 Å². The number of ether oxygens (including phenoxy) is 3. The second-order valence-electron chi connectivity index (χ2n) is 5.39. The fourth-order valence-corrected chi connectivity index (χ4v) is 2.50. The molecule has 0 saturated carbocycles. The lowest BCUT2D eigenvalue weighted by molar-refractivity contribution is 0.0487. The number of hydrogen-bond acceptors (Lipinski definition) is 4. The first-order valence-corrected chi connectivity index (χ1v) is 9.43. The maximum Gasteiger partial charge on any atom is 0.191 e. The zero-order valence-corrected chi connectivity index (χ0v) is 19.8. The smallest absolute Gasteiger partial charge is 0.191 e. The van der Waals surface area contributed by atoms with Crippen molar-refractivity contribution in [1.29, 1.82) is 0 Å². The zero-order chi connectivity index (χ0) is 18.3. The summed E-state index contributed by atoms with van der Waals surface area (Å²) >= 11 is 3.48. The van der Waals surface area contributed by atoms with Crippen LogP contribution in [0, 0.1) is 0 Å². The fourth-order valence-electron chi connectivity index (χ4n) is 2.09. The number of benzene rings is 1. The quantitative estimate of drug-likeness (QED) is 0.183. The molecule has 0 amide bonds. The highest BCUT2D eigenvalue weighted by molar-refractivity contribution is 14.0. The molecule has 0 saturated heterocycles. The van der Waals surface area contributed by atoms with Gasteiger partial charge in [0.05, 0.1) is 26.9 Å². The summed E-state index contributed by atoms with van der Waals surface area (Å²) in [5.41, 5.74) is 1.06. The first kappa shape index (κ1) is 25.4. The summed E-state index contributed by atoms with van der Waals surface area (Å²) < 4.78 is 17.4. The van der Waals surface area contributed by atoms with Crippen molar-refractivity contribution < 1.29 is 14.2 Å². The van der Waals surface area contributed by atoms with Crippen LogP contribution in [0.4, 0.5) is 0 Å². The highest BCUT2D eigenvalue weighted by Crippen LogP contribution is 2.22. The van der Waals surface area contributed by atoms with Gasteiger partial charge in [0.25, 0.3) is 0 Å². The lowest BCUT2D eigenvalue weighted by Crippen LogP contribution is -2.38. The van der Waals surface area contributed by atoms with Crippen molar-refractivity contribution in [2.24, 2.45) is 4.99 Å². The predicted molar refractivity (Wildman–Crippen MR) is 121 cm³/mol. The SMILES string of the molecule is CCCCOCCOCCNC(=NC)NCc1cc(Br)ccc1OC.I. The maximum atomic E-state index is 5.53. The Labute approximate surface area is 182 Å². The number of hydrogen-bond donors (Lipinski definition) is 2. The zero-order valence-electron chi connectivity index (χ0n) is 15.8. The molecular formula is C18H31BrIN3O3. The molecule has 0 aliphatic carbocycles. The van der Waals surface area contributed by atoms with Crippen LogP contribution < -0.4 is 15.4 Å². The Balaban J connectivity index is 0.00000625. The van der Waals surface area contributed by atoms with Crippen molar-refractivity contribution in [3.63, 3.8) is 0 Å². The van der Waals surface area contributed by atoms with Crippen LogP contribution in [0.2, 0.25) is 0 Å². The standard InChI is InChI=1S/C18H30BrN3O3.HI/c1-4-5-9-24-11-12-25-10-8-21-18(20-2)22-14-15-13-16(19)6-7-17(15)23-3;/h6-7,13H,4-5,8-12,14H2,1-3H3,(H2,20,21,22);1H. The summed E-state index contributed by atoms with van der Waals surface area (Å²) in [4.78, 5) is 4.21. The minimum Gasteiger partial charge on any atom is -0.496 e. The third-order valence-electron chi connectivity index (χ3n) is 3.47. The van der Waals surface area contributed by atoms with Crippen LogP contribution in [0.5, 0.6) is 5.75 Å². The van der Waals surface area contributed by atoms with Crippen LogP contribution in [0.1, 0.15) is 25.3 Å². The number of guanidine groups is 1. The number of halogens is 2. The lowest BCUT2D eigenvalue weighted by atomic mass is 10.2. The van der Waals surface area contributed by atoms with Crippen LogP contribution in [-0.2, 0) is 16.0 Å². The van der Waals surface area contributed by atoms with Crippen molar-refractivity contribution in [3.8, 4) is 5.75 Å². The average molecular weight is 544 g/mol. The van der Waals surface area contributed by atoms with Gasteiger partial charge in [-0.2, -0.15) is 0 Å². The predicted octanol–water partition coefficient (Wildman–Crippen LogP) is 3.57. The Morgan fingerprint density at radius 1 is 1.12 bits per heavy atom. The van der Waals surface area contributed by atoms with E-state index in [-0.39, 0.29) is 24.0 Å². The highest BCUT2D eigenvalue weighted by atomic mass is 127. The molecule has 0 spiro atoms. The normalized spacial score (nSPS) is 11.0. The maximum absolute atomic E-state index is 5.53. The van der Waals surface area contributed by atoms with Crippen LogP contribution in [-0.4, -0.2) is 53.1 Å². The molecule has 0 unspecified atom stereocenters. The summed E-state index contributed by atoms with van der Waals surface area (Å²) in [6, 6.07) is 5.92. The Morgan fingerprint density at radius 3 is 2.50 bits per heavy atom. The molecule has 1 rings (SSSR count). The Morgan fingerprint density at radius 2 is 1.85 bits per heavy atom. The summed E-state index contributed by atoms with van der Waals surface area (Å²) in [5.74, 6) is 1.57. The molecule has 0 bridgehead atoms. The van der Waals surface area contributed by atoms with E-state index in [1.165, 1.54) is 0 Å². The first-order chi connectivity index (χ1) is 12.2. The molecule has 26 heavy (non-hydrogen) atoms. The molecule has 1 aromatic rings. The molecule has 0 fully saturated rings. The van der Waals surface area contributed by atoms with Gasteiger partial charge in [-0.15, -0.1) is 24.0 Å². The summed E-state index contributed by atoms with van der Waals surface area (Å²) in [6.45, 7) is 6.14. The number of nitrogens with zero attached hydrogens (tertiary/aromatic N) is 1. The minimum absolute atomic E-state index is 0. The molecule has 2 N–H and O–H groups in total. The van der Waals surface area contributed by atoms with Crippen LogP contribution in [0.3, 0.4) is 0 Å². The second kappa shape index (κ2) is 16.6. The summed E-state index contributed by atoms with van der Waals surface area (Å²) in [7, 11) is 3.42. The summed E-state index contributed by atoms with van der Waals surface area (Å²) in [6.07, 6.45) is 2.26. The first-order valence-electron chi connectivity index (χ1n) is 8.63. The third-order valence-corrected chi connectivity index (χ3v) is 3.96. The fraction of sp³-hybridized carbons (Fsp3) is 0.611. The van der Waals surface area contributed by atoms with E-state index in [9.17, 15) is 0 Å². The molecule has 6 nitrogen and oxygen atoms in total. The highest BCUT2D eigenvalue weighted by Gasteiger charge is 2.05. The summed E-state index contributed by atoms with van der Waals surface area (Å²) in [5, 5.41) is 6.49. The van der Waals surface area contributed by atoms with Gasteiger partial charge in [-0.25, -0.2) is 0 Å². The van der Waals surface area contributed by atoms with Gasteiger partial charge in [0.1, 0.15) is 5.75 Å². The van der Waals surface area contributed by atoms with E-state index in [2.05, 4.69) is 38.5 Å². The van der Waals surface area contributed by atoms with E-state index in [1.54, 1.807) is 14.2 Å². The molecule has 8 heteroatoms. The van der Waals surface area contributed by atoms with E-state index in [4.69, 9.17) is 14.2 Å². The number of nitrogens with one attached hydrogen (secondary N) is 2. The Hall–Kier alpha value is -0.580. The van der Waals surface area contributed by atoms with Crippen molar-refractivity contribution in [3.05, 3.63) is 28.2 Å². The van der Waals surface area contributed by atoms with Crippen molar-refractivity contribution >= 4 is 45.9 Å². The average Bonchev–Trinajstić information content (AvgIpc) is 2.63. The van der Waals surface area contributed by atoms with Gasteiger partial charge >= 0.3 is 0 Å². The van der Waals surface area contributed by atoms with Crippen LogP contribution in [0.25, 0.3) is 0 Å². The van der Waals surface area contributed by atoms with Gasteiger partial charge < -0.3 is 24.8 Å². The van der Waals surface area contributed by atoms with E-state index in [0.29, 0.717) is 32.9 Å². The molecule has 0 aliphatic rings. The topological polar surface area (TPSA) is 64.1 Å². The number of unbranched alkanes of at least 4 members (excludes halogenated alkanes) is 1. The number of rotatable bonds is 12. The van der Waals surface area contributed by atoms with Gasteiger partial charge in [-0.1, -0.05) is 29.3 Å². The van der Waals surface area contributed by atoms with Crippen molar-refractivity contribution in [1.82, 2.24) is 10.6 Å². The molecule has 0 aliphatic heterocycles. The Bertz CT molecular complexity index is 518. The molecule has 0 heterocycles. The van der Waals surface area contributed by atoms with Gasteiger partial charge in [0.15, 0.2) is 5.96 Å². The molecule has 1 aromatic carbocycles. The van der Waals surface area contributed by atoms with Crippen molar-refractivity contribution in [2.75, 3.05) is 47.1 Å². The third kappa shape index (κ3) is 11.2. The largest absolute Gasteiger partial charge is 0.496 e. The van der Waals surface area contributed by atoms with Crippen LogP contribution >= 0.6 is 39.9 Å². The monoisotopic (exact) mass is 543 g/mol. The lowest BCUT2D eigenvalue weighted by Gasteiger charge is -2.14. The van der Waals surface area contributed by atoms with E-state index in [0.717, 1.165) is 41.2 Å². The number of aliphatic imine (C=N–C) groups is 1. The van der Waals surface area contributed by atoms with Gasteiger partial charge in [0, 0.05) is 36.8 Å². The van der Waals surface area contributed by atoms with Crippen molar-refractivity contribution in [2.45, 2.75) is 26.3 Å². The van der Waals surface area contributed by atoms with Gasteiger partial charge in [-0.3, -0.25) is 4.99 Å². The molecule has 0 atom stereocenters. The van der Waals surface area contributed by atoms with E-state index in [1.807, 2.05) is 18.2 Å². The van der Waals surface area contributed by atoms with Gasteiger partial charge in [-0.05, 0) is 24.6 Å². The Kier molecular flexibility index (Phi) is 16.2.